The molecule has 1 N–H and O–H groups in total. The quantitative estimate of drug-likeness (QED) is 0.623. The molecule has 3 aromatic heterocycles. The van der Waals surface area contributed by atoms with E-state index in [2.05, 4.69) is 20.3 Å². The fourth-order valence-corrected chi connectivity index (χ4v) is 2.48. The molecule has 0 spiro atoms. The summed E-state index contributed by atoms with van der Waals surface area (Å²) in [5.41, 5.74) is 2.71. The molecule has 0 saturated carbocycles. The first-order valence-electron chi connectivity index (χ1n) is 7.50. The van der Waals surface area contributed by atoms with Crippen LogP contribution in [0.15, 0.2) is 67.1 Å². The molecule has 0 aliphatic heterocycles. The molecule has 0 amide bonds. The second-order valence-corrected chi connectivity index (χ2v) is 5.21. The third-order valence-corrected chi connectivity index (χ3v) is 3.66. The van der Waals surface area contributed by atoms with E-state index in [1.165, 1.54) is 0 Å². The second kappa shape index (κ2) is 6.00. The Labute approximate surface area is 138 Å². The summed E-state index contributed by atoms with van der Waals surface area (Å²) in [6.45, 7) is 0. The van der Waals surface area contributed by atoms with Crippen molar-refractivity contribution in [3.63, 3.8) is 0 Å². The molecule has 6 heteroatoms. The Bertz CT molecular complexity index is 964. The minimum absolute atomic E-state index is 0.519. The predicted molar refractivity (Wildman–Crippen MR) is 92.9 cm³/mol. The molecule has 0 atom stereocenters. The number of nitrogens with zero attached hydrogens (tertiary/aromatic N) is 4. The average Bonchev–Trinajstić information content (AvgIpc) is 3.06. The zero-order valence-corrected chi connectivity index (χ0v) is 13.0. The van der Waals surface area contributed by atoms with E-state index in [1.807, 2.05) is 53.2 Å². The summed E-state index contributed by atoms with van der Waals surface area (Å²) in [5.74, 6) is 1.08. The van der Waals surface area contributed by atoms with Crippen LogP contribution in [0, 0.1) is 0 Å². The van der Waals surface area contributed by atoms with Gasteiger partial charge >= 0.3 is 0 Å². The van der Waals surface area contributed by atoms with E-state index in [0.29, 0.717) is 11.8 Å². The lowest BCUT2D eigenvalue weighted by atomic mass is 10.3. The predicted octanol–water partition coefficient (Wildman–Crippen LogP) is 3.57. The van der Waals surface area contributed by atoms with E-state index in [4.69, 9.17) is 4.74 Å². The maximum atomic E-state index is 5.06. The number of hydrogen-bond donors (Lipinski definition) is 1. The Morgan fingerprint density at radius 2 is 1.83 bits per heavy atom. The molecule has 0 aliphatic carbocycles. The van der Waals surface area contributed by atoms with Gasteiger partial charge in [0, 0.05) is 29.5 Å². The maximum absolute atomic E-state index is 5.06. The summed E-state index contributed by atoms with van der Waals surface area (Å²) in [4.78, 5) is 13.2. The van der Waals surface area contributed by atoms with Crippen LogP contribution < -0.4 is 10.1 Å². The zero-order valence-electron chi connectivity index (χ0n) is 13.0. The third-order valence-electron chi connectivity index (χ3n) is 3.66. The summed E-state index contributed by atoms with van der Waals surface area (Å²) < 4.78 is 7.09. The van der Waals surface area contributed by atoms with Crippen LogP contribution in [0.3, 0.4) is 0 Å². The topological polar surface area (TPSA) is 64.9 Å². The summed E-state index contributed by atoms with van der Waals surface area (Å²) in [6, 6.07) is 15.7. The van der Waals surface area contributed by atoms with Crippen LogP contribution in [0.2, 0.25) is 0 Å². The zero-order chi connectivity index (χ0) is 16.4. The van der Waals surface area contributed by atoms with Crippen LogP contribution in [-0.4, -0.2) is 26.6 Å². The van der Waals surface area contributed by atoms with Crippen molar-refractivity contribution in [1.29, 1.82) is 0 Å². The maximum Gasteiger partial charge on any atom is 0.229 e. The van der Waals surface area contributed by atoms with Crippen molar-refractivity contribution in [2.45, 2.75) is 0 Å². The molecule has 0 bridgehead atoms. The highest BCUT2D eigenvalue weighted by molar-refractivity contribution is 5.78. The van der Waals surface area contributed by atoms with Crippen molar-refractivity contribution in [3.8, 4) is 11.6 Å². The van der Waals surface area contributed by atoms with Crippen LogP contribution in [0.1, 0.15) is 0 Å². The Hall–Kier alpha value is -3.41. The Balaban J connectivity index is 1.69. The fourth-order valence-electron chi connectivity index (χ4n) is 2.48. The van der Waals surface area contributed by atoms with Crippen molar-refractivity contribution in [2.24, 2.45) is 0 Å². The molecule has 4 aromatic rings. The molecule has 0 saturated heterocycles. The van der Waals surface area contributed by atoms with Gasteiger partial charge in [0.25, 0.3) is 0 Å². The number of rotatable bonds is 4. The highest BCUT2D eigenvalue weighted by atomic mass is 16.5. The molecule has 118 valence electrons. The number of para-hydroxylation sites is 1. The molecule has 0 unspecified atom stereocenters. The van der Waals surface area contributed by atoms with Crippen LogP contribution in [-0.2, 0) is 0 Å². The number of nitrogens with one attached hydrogen (secondary N) is 1. The van der Waals surface area contributed by atoms with Gasteiger partial charge in [0.2, 0.25) is 11.8 Å². The molecule has 0 radical (unpaired) electrons. The standard InChI is InChI=1S/C18H15N5O/c1-24-16-8-7-14(12-19-16)21-18-20-11-13-9-10-23(17(13)22-18)15-5-3-2-4-6-15/h2-12H,1H3,(H,20,21,22). The number of aromatic nitrogens is 4. The van der Waals surface area contributed by atoms with E-state index in [1.54, 1.807) is 25.6 Å². The Morgan fingerprint density at radius 1 is 0.958 bits per heavy atom. The highest BCUT2D eigenvalue weighted by Crippen LogP contribution is 2.21. The van der Waals surface area contributed by atoms with Crippen molar-refractivity contribution in [3.05, 3.63) is 67.1 Å². The number of methoxy groups -OCH3 is 1. The van der Waals surface area contributed by atoms with E-state index in [0.717, 1.165) is 22.4 Å². The molecule has 1 aromatic carbocycles. The van der Waals surface area contributed by atoms with Crippen LogP contribution in [0.4, 0.5) is 11.6 Å². The van der Waals surface area contributed by atoms with Gasteiger partial charge in [0.1, 0.15) is 5.65 Å². The summed E-state index contributed by atoms with van der Waals surface area (Å²) in [6.07, 6.45) is 5.48. The van der Waals surface area contributed by atoms with Crippen LogP contribution in [0.5, 0.6) is 5.88 Å². The number of ether oxygens (including phenoxy) is 1. The lowest BCUT2D eigenvalue weighted by molar-refractivity contribution is 0.398. The normalized spacial score (nSPS) is 10.7. The SMILES string of the molecule is COc1ccc(Nc2ncc3ccn(-c4ccccc4)c3n2)cn1. The van der Waals surface area contributed by atoms with Gasteiger partial charge < -0.3 is 14.6 Å². The Morgan fingerprint density at radius 3 is 2.58 bits per heavy atom. The second-order valence-electron chi connectivity index (χ2n) is 5.21. The smallest absolute Gasteiger partial charge is 0.229 e. The van der Waals surface area contributed by atoms with Gasteiger partial charge in [-0.2, -0.15) is 4.98 Å². The minimum Gasteiger partial charge on any atom is -0.481 e. The third kappa shape index (κ3) is 2.65. The average molecular weight is 317 g/mol. The van der Waals surface area contributed by atoms with Gasteiger partial charge in [0.05, 0.1) is 19.0 Å². The number of benzene rings is 1. The number of anilines is 2. The summed E-state index contributed by atoms with van der Waals surface area (Å²) in [7, 11) is 1.59. The first-order valence-corrected chi connectivity index (χ1v) is 7.50. The van der Waals surface area contributed by atoms with Crippen molar-refractivity contribution in [2.75, 3.05) is 12.4 Å². The molecular weight excluding hydrogens is 302 g/mol. The lowest BCUT2D eigenvalue weighted by Crippen LogP contribution is -2.00. The minimum atomic E-state index is 0.519. The largest absolute Gasteiger partial charge is 0.481 e. The van der Waals surface area contributed by atoms with Crippen molar-refractivity contribution < 1.29 is 4.74 Å². The Kier molecular flexibility index (Phi) is 3.55. The van der Waals surface area contributed by atoms with Gasteiger partial charge in [-0.1, -0.05) is 18.2 Å². The monoisotopic (exact) mass is 317 g/mol. The van der Waals surface area contributed by atoms with Gasteiger partial charge in [-0.15, -0.1) is 0 Å². The van der Waals surface area contributed by atoms with E-state index in [9.17, 15) is 0 Å². The molecule has 3 heterocycles. The molecule has 24 heavy (non-hydrogen) atoms. The van der Waals surface area contributed by atoms with E-state index < -0.39 is 0 Å². The molecule has 0 aliphatic rings. The summed E-state index contributed by atoms with van der Waals surface area (Å²) >= 11 is 0. The van der Waals surface area contributed by atoms with Crippen molar-refractivity contribution in [1.82, 2.24) is 19.5 Å². The van der Waals surface area contributed by atoms with Gasteiger partial charge in [-0.3, -0.25) is 0 Å². The molecular formula is C18H15N5O. The van der Waals surface area contributed by atoms with E-state index >= 15 is 0 Å². The highest BCUT2D eigenvalue weighted by Gasteiger charge is 2.07. The van der Waals surface area contributed by atoms with Gasteiger partial charge in [0.15, 0.2) is 0 Å². The number of pyridine rings is 1. The molecule has 0 fully saturated rings. The first-order chi connectivity index (χ1) is 11.8. The van der Waals surface area contributed by atoms with Gasteiger partial charge in [-0.25, -0.2) is 9.97 Å². The van der Waals surface area contributed by atoms with Gasteiger partial charge in [-0.05, 0) is 24.3 Å². The van der Waals surface area contributed by atoms with Crippen LogP contribution >= 0.6 is 0 Å². The molecule has 4 rings (SSSR count). The summed E-state index contributed by atoms with van der Waals surface area (Å²) in [5, 5.41) is 4.15. The molecule has 6 nitrogen and oxygen atoms in total. The van der Waals surface area contributed by atoms with Crippen molar-refractivity contribution >= 4 is 22.7 Å². The number of hydrogen-bond acceptors (Lipinski definition) is 5. The lowest BCUT2D eigenvalue weighted by Gasteiger charge is -2.07. The first kappa shape index (κ1) is 14.2. The van der Waals surface area contributed by atoms with Crippen LogP contribution in [0.25, 0.3) is 16.7 Å². The van der Waals surface area contributed by atoms with E-state index in [-0.39, 0.29) is 0 Å². The fraction of sp³-hybridized carbons (Fsp3) is 0.0556. The number of fused-ring (bicyclic) bond motifs is 1.